The van der Waals surface area contributed by atoms with Crippen molar-refractivity contribution in [2.24, 2.45) is 11.8 Å². The fourth-order valence-electron chi connectivity index (χ4n) is 1.82. The van der Waals surface area contributed by atoms with Gasteiger partial charge in [0.15, 0.2) is 0 Å². The topological polar surface area (TPSA) is 17.1 Å². The van der Waals surface area contributed by atoms with E-state index >= 15 is 0 Å². The molecule has 1 saturated carbocycles. The van der Waals surface area contributed by atoms with Crippen molar-refractivity contribution in [3.05, 3.63) is 11.6 Å². The molecule has 68 valence electrons. The van der Waals surface area contributed by atoms with Crippen molar-refractivity contribution in [1.82, 2.24) is 0 Å². The second-order valence-corrected chi connectivity index (χ2v) is 4.20. The van der Waals surface area contributed by atoms with Crippen LogP contribution in [0.1, 0.15) is 40.0 Å². The van der Waals surface area contributed by atoms with Crippen LogP contribution in [-0.4, -0.2) is 5.78 Å². The highest BCUT2D eigenvalue weighted by Crippen LogP contribution is 2.27. The molecular weight excluding hydrogens is 148 g/mol. The Kier molecular flexibility index (Phi) is 3.07. The van der Waals surface area contributed by atoms with Crippen LogP contribution >= 0.6 is 0 Å². The Labute approximate surface area is 74.9 Å². The monoisotopic (exact) mass is 166 g/mol. The summed E-state index contributed by atoms with van der Waals surface area (Å²) in [6.07, 6.45) is 5.06. The van der Waals surface area contributed by atoms with Gasteiger partial charge >= 0.3 is 0 Å². The second-order valence-electron chi connectivity index (χ2n) is 4.20. The predicted molar refractivity (Wildman–Crippen MR) is 50.9 cm³/mol. The minimum absolute atomic E-state index is 0.221. The van der Waals surface area contributed by atoms with Crippen molar-refractivity contribution in [1.29, 1.82) is 0 Å². The van der Waals surface area contributed by atoms with Crippen LogP contribution in [0, 0.1) is 11.8 Å². The Bertz CT molecular complexity index is 199. The zero-order chi connectivity index (χ0) is 9.14. The Morgan fingerprint density at radius 2 is 2.17 bits per heavy atom. The zero-order valence-corrected chi connectivity index (χ0v) is 8.26. The van der Waals surface area contributed by atoms with Crippen molar-refractivity contribution >= 4 is 5.78 Å². The molecule has 0 saturated heterocycles. The summed E-state index contributed by atoms with van der Waals surface area (Å²) in [6, 6.07) is 0. The molecule has 0 aliphatic heterocycles. The minimum Gasteiger partial charge on any atom is -0.299 e. The quantitative estimate of drug-likeness (QED) is 0.547. The third-order valence-corrected chi connectivity index (χ3v) is 2.49. The van der Waals surface area contributed by atoms with E-state index in [-0.39, 0.29) is 5.92 Å². The molecule has 0 radical (unpaired) electrons. The largest absolute Gasteiger partial charge is 0.299 e. The Balaban J connectivity index is 2.61. The molecule has 0 aromatic heterocycles. The zero-order valence-electron chi connectivity index (χ0n) is 8.26. The molecule has 1 aliphatic rings. The summed E-state index contributed by atoms with van der Waals surface area (Å²) in [4.78, 5) is 11.4. The van der Waals surface area contributed by atoms with E-state index in [1.54, 1.807) is 0 Å². The van der Waals surface area contributed by atoms with Crippen LogP contribution in [0.25, 0.3) is 0 Å². The van der Waals surface area contributed by atoms with E-state index in [4.69, 9.17) is 0 Å². The molecule has 0 aromatic rings. The van der Waals surface area contributed by atoms with E-state index in [0.29, 0.717) is 5.78 Å². The van der Waals surface area contributed by atoms with E-state index in [0.717, 1.165) is 25.2 Å². The summed E-state index contributed by atoms with van der Waals surface area (Å²) in [6.45, 7) is 6.36. The molecule has 0 N–H and O–H groups in total. The van der Waals surface area contributed by atoms with Crippen LogP contribution < -0.4 is 0 Å². The highest BCUT2D eigenvalue weighted by atomic mass is 16.1. The highest BCUT2D eigenvalue weighted by Gasteiger charge is 2.24. The molecule has 0 aromatic carbocycles. The van der Waals surface area contributed by atoms with Crippen molar-refractivity contribution in [3.8, 4) is 0 Å². The number of hydrogen-bond donors (Lipinski definition) is 0. The number of rotatable bonds is 1. The van der Waals surface area contributed by atoms with Gasteiger partial charge < -0.3 is 0 Å². The molecule has 0 amide bonds. The Morgan fingerprint density at radius 1 is 1.50 bits per heavy atom. The van der Waals surface area contributed by atoms with E-state index < -0.39 is 0 Å². The minimum atomic E-state index is 0.221. The van der Waals surface area contributed by atoms with E-state index in [9.17, 15) is 4.79 Å². The number of Topliss-reactive ketones (excluding diaryl/α,β-unsaturated/α-hetero) is 1. The lowest BCUT2D eigenvalue weighted by molar-refractivity contribution is -0.123. The number of carbonyl (C=O) groups excluding carboxylic acids is 1. The lowest BCUT2D eigenvalue weighted by Gasteiger charge is -2.23. The van der Waals surface area contributed by atoms with Gasteiger partial charge in [0.05, 0.1) is 0 Å². The average molecular weight is 166 g/mol. The summed E-state index contributed by atoms with van der Waals surface area (Å²) in [7, 11) is 0. The van der Waals surface area contributed by atoms with Gasteiger partial charge in [-0.2, -0.15) is 0 Å². The Morgan fingerprint density at radius 3 is 2.75 bits per heavy atom. The van der Waals surface area contributed by atoms with Gasteiger partial charge in [0.2, 0.25) is 0 Å². The smallest absolute Gasteiger partial charge is 0.139 e. The van der Waals surface area contributed by atoms with Crippen molar-refractivity contribution in [2.45, 2.75) is 40.0 Å². The van der Waals surface area contributed by atoms with Gasteiger partial charge in [-0.15, -0.1) is 0 Å². The average Bonchev–Trinajstić information content (AvgIpc) is 1.96. The van der Waals surface area contributed by atoms with Crippen LogP contribution in [0.2, 0.25) is 0 Å². The fraction of sp³-hybridized carbons (Fsp3) is 0.727. The standard InChI is InChI=1S/C11H18O/c1-8(2)6-10-7-9(3)4-5-11(10)12/h6,9-10H,4-5,7H2,1-3H3/t9-,10+/m0/s1. The third-order valence-electron chi connectivity index (χ3n) is 2.49. The molecule has 0 heterocycles. The molecule has 1 nitrogen and oxygen atoms in total. The van der Waals surface area contributed by atoms with Crippen LogP contribution in [0.3, 0.4) is 0 Å². The maximum absolute atomic E-state index is 11.4. The van der Waals surface area contributed by atoms with E-state index in [2.05, 4.69) is 26.8 Å². The molecule has 1 heteroatoms. The summed E-state index contributed by atoms with van der Waals surface area (Å²) >= 11 is 0. The van der Waals surface area contributed by atoms with E-state index in [1.165, 1.54) is 5.57 Å². The molecule has 12 heavy (non-hydrogen) atoms. The molecule has 0 spiro atoms. The van der Waals surface area contributed by atoms with Crippen LogP contribution in [0.15, 0.2) is 11.6 Å². The molecular formula is C11H18O. The van der Waals surface area contributed by atoms with Gasteiger partial charge in [-0.3, -0.25) is 4.79 Å². The van der Waals surface area contributed by atoms with Crippen molar-refractivity contribution in [3.63, 3.8) is 0 Å². The van der Waals surface area contributed by atoms with Crippen molar-refractivity contribution < 1.29 is 4.79 Å². The first-order valence-corrected chi connectivity index (χ1v) is 4.77. The van der Waals surface area contributed by atoms with Gasteiger partial charge in [-0.25, -0.2) is 0 Å². The molecule has 2 atom stereocenters. The molecule has 1 fully saturated rings. The van der Waals surface area contributed by atoms with Crippen molar-refractivity contribution in [2.75, 3.05) is 0 Å². The fourth-order valence-corrected chi connectivity index (χ4v) is 1.82. The highest BCUT2D eigenvalue weighted by molar-refractivity contribution is 5.83. The second kappa shape index (κ2) is 3.88. The first-order chi connectivity index (χ1) is 5.59. The predicted octanol–water partition coefficient (Wildman–Crippen LogP) is 2.96. The first-order valence-electron chi connectivity index (χ1n) is 4.77. The molecule has 0 unspecified atom stereocenters. The molecule has 1 rings (SSSR count). The SMILES string of the molecule is CC(C)=C[C@@H]1C[C@@H](C)CCC1=O. The maximum atomic E-state index is 11.4. The Hall–Kier alpha value is -0.590. The van der Waals surface area contributed by atoms with Crippen LogP contribution in [0.5, 0.6) is 0 Å². The van der Waals surface area contributed by atoms with Crippen LogP contribution in [-0.2, 0) is 4.79 Å². The summed E-state index contributed by atoms with van der Waals surface area (Å²) < 4.78 is 0. The maximum Gasteiger partial charge on any atom is 0.139 e. The third kappa shape index (κ3) is 2.47. The lowest BCUT2D eigenvalue weighted by atomic mass is 9.81. The summed E-state index contributed by atoms with van der Waals surface area (Å²) in [5, 5.41) is 0. The number of hydrogen-bond acceptors (Lipinski definition) is 1. The number of ketones is 1. The van der Waals surface area contributed by atoms with Crippen LogP contribution in [0.4, 0.5) is 0 Å². The van der Waals surface area contributed by atoms with Gasteiger partial charge in [0.1, 0.15) is 5.78 Å². The summed E-state index contributed by atoms with van der Waals surface area (Å²) in [5.41, 5.74) is 1.27. The summed E-state index contributed by atoms with van der Waals surface area (Å²) in [5.74, 6) is 1.39. The van der Waals surface area contributed by atoms with Gasteiger partial charge in [0.25, 0.3) is 0 Å². The number of allylic oxidation sites excluding steroid dienone is 2. The lowest BCUT2D eigenvalue weighted by Crippen LogP contribution is -2.22. The number of carbonyl (C=O) groups is 1. The van der Waals surface area contributed by atoms with Gasteiger partial charge in [-0.05, 0) is 32.6 Å². The first kappa shape index (κ1) is 9.50. The molecule has 1 aliphatic carbocycles. The van der Waals surface area contributed by atoms with Gasteiger partial charge in [0, 0.05) is 12.3 Å². The normalized spacial score (nSPS) is 30.1. The van der Waals surface area contributed by atoms with E-state index in [1.807, 2.05) is 0 Å². The molecule has 0 bridgehead atoms. The van der Waals surface area contributed by atoms with Gasteiger partial charge in [-0.1, -0.05) is 18.6 Å².